The lowest BCUT2D eigenvalue weighted by atomic mass is 9.78. The van der Waals surface area contributed by atoms with Crippen LogP contribution in [0.3, 0.4) is 0 Å². The molecule has 2 saturated heterocycles. The standard InChI is InChI=1S/C27H38N2/c1-4-22-10-8-11-23(5-2)27(22)29-19-15-25(16-20-29)24-13-17-28(18-14-24)26-12-7-6-9-21(26)3/h6-12,24-25H,4-5,13-20H2,1-3H3. The van der Waals surface area contributed by atoms with Crippen LogP contribution in [0.5, 0.6) is 0 Å². The van der Waals surface area contributed by atoms with Crippen LogP contribution in [0.4, 0.5) is 11.4 Å². The Balaban J connectivity index is 1.35. The van der Waals surface area contributed by atoms with E-state index in [9.17, 15) is 0 Å². The second-order valence-corrected chi connectivity index (χ2v) is 9.07. The van der Waals surface area contributed by atoms with Gasteiger partial charge < -0.3 is 9.80 Å². The van der Waals surface area contributed by atoms with Gasteiger partial charge in [-0.25, -0.2) is 0 Å². The Bertz CT molecular complexity index is 774. The molecule has 0 amide bonds. The van der Waals surface area contributed by atoms with E-state index in [2.05, 4.69) is 73.0 Å². The van der Waals surface area contributed by atoms with E-state index in [-0.39, 0.29) is 0 Å². The third-order valence-electron chi connectivity index (χ3n) is 7.48. The van der Waals surface area contributed by atoms with Crippen molar-refractivity contribution in [3.8, 4) is 0 Å². The van der Waals surface area contributed by atoms with Crippen molar-refractivity contribution in [2.24, 2.45) is 11.8 Å². The van der Waals surface area contributed by atoms with Gasteiger partial charge in [0.05, 0.1) is 0 Å². The van der Waals surface area contributed by atoms with Gasteiger partial charge in [-0.15, -0.1) is 0 Å². The Morgan fingerprint density at radius 1 is 0.690 bits per heavy atom. The monoisotopic (exact) mass is 390 g/mol. The summed E-state index contributed by atoms with van der Waals surface area (Å²) in [4.78, 5) is 5.32. The van der Waals surface area contributed by atoms with Crippen LogP contribution in [0.1, 0.15) is 56.2 Å². The third-order valence-corrected chi connectivity index (χ3v) is 7.48. The van der Waals surface area contributed by atoms with Crippen LogP contribution in [0.2, 0.25) is 0 Å². The maximum absolute atomic E-state index is 2.70. The quantitative estimate of drug-likeness (QED) is 0.595. The zero-order valence-electron chi connectivity index (χ0n) is 18.7. The summed E-state index contributed by atoms with van der Waals surface area (Å²) >= 11 is 0. The summed E-state index contributed by atoms with van der Waals surface area (Å²) in [6.07, 6.45) is 7.75. The number of rotatable bonds is 5. The van der Waals surface area contributed by atoms with Crippen molar-refractivity contribution < 1.29 is 0 Å². The van der Waals surface area contributed by atoms with Crippen molar-refractivity contribution in [2.75, 3.05) is 36.0 Å². The number of nitrogens with zero attached hydrogens (tertiary/aromatic N) is 2. The first-order valence-electron chi connectivity index (χ1n) is 11.9. The highest BCUT2D eigenvalue weighted by Crippen LogP contribution is 2.37. The Hall–Kier alpha value is -1.96. The molecule has 156 valence electrons. The van der Waals surface area contributed by atoms with Crippen molar-refractivity contribution in [3.63, 3.8) is 0 Å². The van der Waals surface area contributed by atoms with Crippen LogP contribution in [-0.4, -0.2) is 26.2 Å². The Morgan fingerprint density at radius 3 is 1.72 bits per heavy atom. The van der Waals surface area contributed by atoms with Gasteiger partial charge in [0.2, 0.25) is 0 Å². The van der Waals surface area contributed by atoms with Crippen LogP contribution < -0.4 is 9.80 Å². The first-order chi connectivity index (χ1) is 14.2. The predicted octanol–water partition coefficient (Wildman–Crippen LogP) is 6.25. The molecule has 2 nitrogen and oxygen atoms in total. The van der Waals surface area contributed by atoms with Gasteiger partial charge in [0.25, 0.3) is 0 Å². The Kier molecular flexibility index (Phi) is 6.47. The lowest BCUT2D eigenvalue weighted by Gasteiger charge is -2.42. The number of anilines is 2. The summed E-state index contributed by atoms with van der Waals surface area (Å²) < 4.78 is 0. The van der Waals surface area contributed by atoms with Crippen LogP contribution in [0, 0.1) is 18.8 Å². The fourth-order valence-corrected chi connectivity index (χ4v) is 5.75. The molecule has 0 aromatic heterocycles. The molecule has 0 spiro atoms. The highest BCUT2D eigenvalue weighted by Gasteiger charge is 2.30. The summed E-state index contributed by atoms with van der Waals surface area (Å²) in [5, 5.41) is 0. The van der Waals surface area contributed by atoms with Crippen LogP contribution in [0.15, 0.2) is 42.5 Å². The van der Waals surface area contributed by atoms with Gasteiger partial charge in [0.15, 0.2) is 0 Å². The molecule has 2 aliphatic heterocycles. The highest BCUT2D eigenvalue weighted by atomic mass is 15.1. The smallest absolute Gasteiger partial charge is 0.0431 e. The van der Waals surface area contributed by atoms with Crippen LogP contribution in [0.25, 0.3) is 0 Å². The molecule has 0 unspecified atom stereocenters. The highest BCUT2D eigenvalue weighted by molar-refractivity contribution is 5.60. The van der Waals surface area contributed by atoms with Crippen molar-refractivity contribution in [2.45, 2.75) is 59.3 Å². The molecule has 0 N–H and O–H groups in total. The molecular weight excluding hydrogens is 352 g/mol. The fourth-order valence-electron chi connectivity index (χ4n) is 5.75. The number of para-hydroxylation sites is 2. The molecule has 2 aromatic rings. The Labute approximate surface area is 177 Å². The van der Waals surface area contributed by atoms with Crippen molar-refractivity contribution in [3.05, 3.63) is 59.2 Å². The summed E-state index contributed by atoms with van der Waals surface area (Å²) in [7, 11) is 0. The molecule has 0 aliphatic carbocycles. The van der Waals surface area contributed by atoms with E-state index in [1.807, 2.05) is 0 Å². The van der Waals surface area contributed by atoms with Gasteiger partial charge in [0, 0.05) is 37.6 Å². The van der Waals surface area contributed by atoms with E-state index < -0.39 is 0 Å². The summed E-state index contributed by atoms with van der Waals surface area (Å²) in [5.41, 5.74) is 7.50. The van der Waals surface area contributed by atoms with Gasteiger partial charge >= 0.3 is 0 Å². The molecule has 29 heavy (non-hydrogen) atoms. The third kappa shape index (κ3) is 4.32. The van der Waals surface area contributed by atoms with Crippen LogP contribution >= 0.6 is 0 Å². The fraction of sp³-hybridized carbons (Fsp3) is 0.556. The SMILES string of the molecule is CCc1cccc(CC)c1N1CCC(C2CCN(c3ccccc3C)CC2)CC1. The summed E-state index contributed by atoms with van der Waals surface area (Å²) in [6.45, 7) is 11.8. The van der Waals surface area contributed by atoms with E-state index in [4.69, 9.17) is 0 Å². The second kappa shape index (κ2) is 9.24. The van der Waals surface area contributed by atoms with E-state index in [0.29, 0.717) is 0 Å². The summed E-state index contributed by atoms with van der Waals surface area (Å²) in [5.74, 6) is 1.84. The van der Waals surface area contributed by atoms with Gasteiger partial charge in [-0.1, -0.05) is 50.2 Å². The average molecular weight is 391 g/mol. The zero-order chi connectivity index (χ0) is 20.2. The van der Waals surface area contributed by atoms with E-state index >= 15 is 0 Å². The predicted molar refractivity (Wildman–Crippen MR) is 126 cm³/mol. The van der Waals surface area contributed by atoms with E-state index in [0.717, 1.165) is 24.7 Å². The van der Waals surface area contributed by atoms with E-state index in [1.54, 1.807) is 5.69 Å². The number of hydrogen-bond donors (Lipinski definition) is 0. The molecule has 0 bridgehead atoms. The lowest BCUT2D eigenvalue weighted by molar-refractivity contribution is 0.233. The van der Waals surface area contributed by atoms with Crippen molar-refractivity contribution >= 4 is 11.4 Å². The van der Waals surface area contributed by atoms with Gasteiger partial charge in [-0.3, -0.25) is 0 Å². The molecule has 0 saturated carbocycles. The zero-order valence-corrected chi connectivity index (χ0v) is 18.7. The molecule has 2 heteroatoms. The molecule has 0 atom stereocenters. The molecule has 2 aromatic carbocycles. The lowest BCUT2D eigenvalue weighted by Crippen LogP contribution is -2.41. The second-order valence-electron chi connectivity index (χ2n) is 9.07. The molecule has 0 radical (unpaired) electrons. The number of piperidine rings is 2. The largest absolute Gasteiger partial charge is 0.371 e. The molecule has 2 aliphatic rings. The van der Waals surface area contributed by atoms with Gasteiger partial charge in [-0.2, -0.15) is 0 Å². The van der Waals surface area contributed by atoms with Crippen molar-refractivity contribution in [1.82, 2.24) is 0 Å². The van der Waals surface area contributed by atoms with Crippen molar-refractivity contribution in [1.29, 1.82) is 0 Å². The summed E-state index contributed by atoms with van der Waals surface area (Å²) in [6, 6.07) is 15.8. The minimum atomic E-state index is 0.920. The molecular formula is C27H38N2. The maximum atomic E-state index is 2.70. The first-order valence-corrected chi connectivity index (χ1v) is 11.9. The minimum Gasteiger partial charge on any atom is -0.371 e. The molecule has 2 heterocycles. The minimum absolute atomic E-state index is 0.920. The van der Waals surface area contributed by atoms with Crippen LogP contribution in [-0.2, 0) is 12.8 Å². The number of aryl methyl sites for hydroxylation is 3. The first kappa shape index (κ1) is 20.3. The normalized spacial score (nSPS) is 19.0. The average Bonchev–Trinajstić information content (AvgIpc) is 2.79. The van der Waals surface area contributed by atoms with E-state index in [1.165, 1.54) is 74.2 Å². The van der Waals surface area contributed by atoms with Gasteiger partial charge in [-0.05, 0) is 80.0 Å². The number of hydrogen-bond acceptors (Lipinski definition) is 2. The number of benzene rings is 2. The van der Waals surface area contributed by atoms with Gasteiger partial charge in [0.1, 0.15) is 0 Å². The maximum Gasteiger partial charge on any atom is 0.0431 e. The topological polar surface area (TPSA) is 6.48 Å². The Morgan fingerprint density at radius 2 is 1.21 bits per heavy atom. The molecule has 2 fully saturated rings. The molecule has 4 rings (SSSR count).